The van der Waals surface area contributed by atoms with Crippen molar-refractivity contribution in [2.24, 2.45) is 0 Å². The normalized spacial score (nSPS) is 22.6. The summed E-state index contributed by atoms with van der Waals surface area (Å²) in [6.07, 6.45) is 7.64. The Hall–Kier alpha value is -2.24. The van der Waals surface area contributed by atoms with Gasteiger partial charge < -0.3 is 19.9 Å². The molecular formula is C25H37N3O3. The van der Waals surface area contributed by atoms with Gasteiger partial charge in [-0.25, -0.2) is 4.79 Å². The molecule has 1 aromatic carbocycles. The zero-order valence-corrected chi connectivity index (χ0v) is 19.1. The quantitative estimate of drug-likeness (QED) is 0.762. The molecule has 6 nitrogen and oxygen atoms in total. The molecule has 3 aliphatic rings. The van der Waals surface area contributed by atoms with Gasteiger partial charge in [0.2, 0.25) is 5.91 Å². The SMILES string of the molecule is CCN(CC)C(=O)C[C@@H]1CC2(CCN(C(=O)NC3CCCC3)CC2)Oc2ccccc21. The van der Waals surface area contributed by atoms with Gasteiger partial charge in [0.05, 0.1) is 0 Å². The van der Waals surface area contributed by atoms with Crippen LogP contribution in [0.3, 0.4) is 0 Å². The lowest BCUT2D eigenvalue weighted by Gasteiger charge is -2.47. The van der Waals surface area contributed by atoms with E-state index in [-0.39, 0.29) is 23.5 Å². The second-order valence-corrected chi connectivity index (χ2v) is 9.41. The molecule has 1 saturated heterocycles. The van der Waals surface area contributed by atoms with E-state index in [2.05, 4.69) is 11.4 Å². The minimum absolute atomic E-state index is 0.0752. The summed E-state index contributed by atoms with van der Waals surface area (Å²) in [6.45, 7) is 6.97. The zero-order chi connectivity index (χ0) is 21.8. The molecule has 2 heterocycles. The number of para-hydroxylation sites is 1. The maximum atomic E-state index is 12.9. The van der Waals surface area contributed by atoms with Crippen LogP contribution in [0.4, 0.5) is 4.79 Å². The molecule has 2 fully saturated rings. The summed E-state index contributed by atoms with van der Waals surface area (Å²) in [5, 5.41) is 3.21. The van der Waals surface area contributed by atoms with Crippen LogP contribution in [0.1, 0.15) is 76.7 Å². The summed E-state index contributed by atoms with van der Waals surface area (Å²) < 4.78 is 6.56. The number of nitrogens with zero attached hydrogens (tertiary/aromatic N) is 2. The highest BCUT2D eigenvalue weighted by molar-refractivity contribution is 5.77. The lowest BCUT2D eigenvalue weighted by Crippen LogP contribution is -2.54. The maximum Gasteiger partial charge on any atom is 0.317 e. The van der Waals surface area contributed by atoms with Crippen LogP contribution in [0.5, 0.6) is 5.75 Å². The molecule has 1 saturated carbocycles. The van der Waals surface area contributed by atoms with Crippen LogP contribution < -0.4 is 10.1 Å². The van der Waals surface area contributed by atoms with E-state index in [4.69, 9.17) is 4.74 Å². The molecular weight excluding hydrogens is 390 g/mol. The monoisotopic (exact) mass is 427 g/mol. The summed E-state index contributed by atoms with van der Waals surface area (Å²) >= 11 is 0. The van der Waals surface area contributed by atoms with Crippen molar-refractivity contribution in [2.45, 2.75) is 82.8 Å². The lowest BCUT2D eigenvalue weighted by atomic mass is 9.76. The highest BCUT2D eigenvalue weighted by atomic mass is 16.5. The molecule has 2 aliphatic heterocycles. The first-order valence-electron chi connectivity index (χ1n) is 12.1. The average Bonchev–Trinajstić information content (AvgIpc) is 3.28. The predicted octanol–water partition coefficient (Wildman–Crippen LogP) is 4.30. The van der Waals surface area contributed by atoms with Crippen LogP contribution in [0, 0.1) is 0 Å². The van der Waals surface area contributed by atoms with Crippen molar-refractivity contribution in [3.8, 4) is 5.75 Å². The Kier molecular flexibility index (Phi) is 6.73. The standard InChI is InChI=1S/C25H37N3O3/c1-3-27(4-2)23(29)17-19-18-25(31-22-12-8-7-11-21(19)22)13-15-28(16-14-25)24(30)26-20-9-5-6-10-20/h7-8,11-12,19-20H,3-6,9-10,13-18H2,1-2H3,(H,26,30)/t19-/m1/s1. The summed E-state index contributed by atoms with van der Waals surface area (Å²) in [4.78, 5) is 29.4. The number of fused-ring (bicyclic) bond motifs is 1. The van der Waals surface area contributed by atoms with Crippen LogP contribution >= 0.6 is 0 Å². The predicted molar refractivity (Wildman–Crippen MR) is 121 cm³/mol. The van der Waals surface area contributed by atoms with Crippen molar-refractivity contribution in [1.29, 1.82) is 0 Å². The number of amides is 3. The Morgan fingerprint density at radius 1 is 1.13 bits per heavy atom. The van der Waals surface area contributed by atoms with Crippen LogP contribution in [-0.2, 0) is 4.79 Å². The van der Waals surface area contributed by atoms with E-state index < -0.39 is 0 Å². The average molecular weight is 428 g/mol. The number of likely N-dealkylation sites (tertiary alicyclic amines) is 1. The van der Waals surface area contributed by atoms with Crippen LogP contribution in [0.15, 0.2) is 24.3 Å². The summed E-state index contributed by atoms with van der Waals surface area (Å²) in [5.74, 6) is 1.29. The third-order valence-corrected chi connectivity index (χ3v) is 7.49. The van der Waals surface area contributed by atoms with Crippen LogP contribution in [0.2, 0.25) is 0 Å². The Morgan fingerprint density at radius 2 is 1.81 bits per heavy atom. The summed E-state index contributed by atoms with van der Waals surface area (Å²) in [7, 11) is 0. The maximum absolute atomic E-state index is 12.9. The Balaban J connectivity index is 1.43. The fourth-order valence-corrected chi connectivity index (χ4v) is 5.60. The van der Waals surface area contributed by atoms with Crippen molar-refractivity contribution < 1.29 is 14.3 Å². The van der Waals surface area contributed by atoms with Crippen molar-refractivity contribution in [1.82, 2.24) is 15.1 Å². The molecule has 4 rings (SSSR count). The summed E-state index contributed by atoms with van der Waals surface area (Å²) in [5.41, 5.74) is 0.863. The highest BCUT2D eigenvalue weighted by Gasteiger charge is 2.44. The largest absolute Gasteiger partial charge is 0.487 e. The first-order valence-corrected chi connectivity index (χ1v) is 12.1. The number of carbonyl (C=O) groups excluding carboxylic acids is 2. The molecule has 0 bridgehead atoms. The third kappa shape index (κ3) is 4.83. The van der Waals surface area contributed by atoms with Gasteiger partial charge in [0.1, 0.15) is 11.4 Å². The highest BCUT2D eigenvalue weighted by Crippen LogP contribution is 2.46. The molecule has 1 atom stereocenters. The summed E-state index contributed by atoms with van der Waals surface area (Å²) in [6, 6.07) is 8.59. The number of carbonyl (C=O) groups is 2. The number of nitrogens with one attached hydrogen (secondary N) is 1. The molecule has 31 heavy (non-hydrogen) atoms. The molecule has 1 aromatic rings. The minimum atomic E-state index is -0.285. The van der Waals surface area contributed by atoms with Gasteiger partial charge in [0.25, 0.3) is 0 Å². The van der Waals surface area contributed by atoms with Crippen molar-refractivity contribution in [2.75, 3.05) is 26.2 Å². The third-order valence-electron chi connectivity index (χ3n) is 7.49. The minimum Gasteiger partial charge on any atom is -0.487 e. The number of ether oxygens (including phenoxy) is 1. The molecule has 170 valence electrons. The Labute approximate surface area is 186 Å². The first kappa shape index (κ1) is 22.0. The smallest absolute Gasteiger partial charge is 0.317 e. The number of rotatable bonds is 5. The number of benzene rings is 1. The van der Waals surface area contributed by atoms with Crippen molar-refractivity contribution in [3.63, 3.8) is 0 Å². The van der Waals surface area contributed by atoms with Crippen LogP contribution in [-0.4, -0.2) is 59.6 Å². The van der Waals surface area contributed by atoms with Gasteiger partial charge in [-0.2, -0.15) is 0 Å². The van der Waals surface area contributed by atoms with Crippen molar-refractivity contribution >= 4 is 11.9 Å². The molecule has 1 aliphatic carbocycles. The van der Waals surface area contributed by atoms with Gasteiger partial charge in [0.15, 0.2) is 0 Å². The van der Waals surface area contributed by atoms with Gasteiger partial charge in [-0.05, 0) is 44.7 Å². The number of hydrogen-bond acceptors (Lipinski definition) is 3. The molecule has 1 spiro atoms. The molecule has 6 heteroatoms. The van der Waals surface area contributed by atoms with E-state index in [9.17, 15) is 9.59 Å². The fourth-order valence-electron chi connectivity index (χ4n) is 5.60. The van der Waals surface area contributed by atoms with E-state index in [1.54, 1.807) is 0 Å². The van der Waals surface area contributed by atoms with Crippen molar-refractivity contribution in [3.05, 3.63) is 29.8 Å². The number of urea groups is 1. The van der Waals surface area contributed by atoms with Gasteiger partial charge in [0, 0.05) is 57.4 Å². The van der Waals surface area contributed by atoms with E-state index in [1.807, 2.05) is 41.8 Å². The number of hydrogen-bond donors (Lipinski definition) is 1. The van der Waals surface area contributed by atoms with E-state index in [1.165, 1.54) is 12.8 Å². The second kappa shape index (κ2) is 9.49. The van der Waals surface area contributed by atoms with Gasteiger partial charge >= 0.3 is 6.03 Å². The van der Waals surface area contributed by atoms with E-state index in [0.29, 0.717) is 25.6 Å². The molecule has 0 aromatic heterocycles. The fraction of sp³-hybridized carbons (Fsp3) is 0.680. The topological polar surface area (TPSA) is 61.9 Å². The molecule has 0 radical (unpaired) electrons. The molecule has 1 N–H and O–H groups in total. The van der Waals surface area contributed by atoms with Crippen LogP contribution in [0.25, 0.3) is 0 Å². The first-order chi connectivity index (χ1) is 15.0. The van der Waals surface area contributed by atoms with Gasteiger partial charge in [-0.15, -0.1) is 0 Å². The Bertz CT molecular complexity index is 778. The molecule has 0 unspecified atom stereocenters. The zero-order valence-electron chi connectivity index (χ0n) is 19.1. The number of piperidine rings is 1. The molecule has 3 amide bonds. The van der Waals surface area contributed by atoms with Gasteiger partial charge in [-0.3, -0.25) is 4.79 Å². The van der Waals surface area contributed by atoms with Gasteiger partial charge in [-0.1, -0.05) is 31.0 Å². The second-order valence-electron chi connectivity index (χ2n) is 9.41. The van der Waals surface area contributed by atoms with E-state index >= 15 is 0 Å². The van der Waals surface area contributed by atoms with E-state index in [0.717, 1.165) is 56.5 Å². The Morgan fingerprint density at radius 3 is 2.48 bits per heavy atom. The lowest BCUT2D eigenvalue weighted by molar-refractivity contribution is -0.131.